The van der Waals surface area contributed by atoms with Crippen LogP contribution in [0.3, 0.4) is 0 Å². The number of amides is 1. The number of carbonyl (C=O) groups is 1. The Bertz CT molecular complexity index is 651. The lowest BCUT2D eigenvalue weighted by Gasteiger charge is -2.53. The number of benzene rings is 1. The van der Waals surface area contributed by atoms with Crippen molar-refractivity contribution in [3.05, 3.63) is 29.8 Å². The van der Waals surface area contributed by atoms with Gasteiger partial charge in [-0.1, -0.05) is 12.5 Å². The van der Waals surface area contributed by atoms with Crippen molar-refractivity contribution in [1.82, 2.24) is 10.2 Å². The average molecular weight is 366 g/mol. The summed E-state index contributed by atoms with van der Waals surface area (Å²) in [6, 6.07) is 6.21. The maximum atomic E-state index is 12.7. The molecule has 3 aliphatic rings. The van der Waals surface area contributed by atoms with Gasteiger partial charge in [0.2, 0.25) is 0 Å². The Morgan fingerprint density at radius 2 is 2.08 bits per heavy atom. The maximum absolute atomic E-state index is 12.7. The molecule has 0 unspecified atom stereocenters. The third kappa shape index (κ3) is 3.42. The molecule has 4 rings (SSSR count). The van der Waals surface area contributed by atoms with Gasteiger partial charge in [0.1, 0.15) is 5.75 Å². The second-order valence-electron chi connectivity index (χ2n) is 7.28. The Labute approximate surface area is 151 Å². The minimum Gasteiger partial charge on any atom is -0.435 e. The molecule has 4 atom stereocenters. The van der Waals surface area contributed by atoms with E-state index in [1.807, 2.05) is 0 Å². The van der Waals surface area contributed by atoms with Gasteiger partial charge in [0, 0.05) is 18.1 Å². The summed E-state index contributed by atoms with van der Waals surface area (Å²) in [6.45, 7) is -0.0771. The predicted octanol–water partition coefficient (Wildman–Crippen LogP) is 2.66. The molecule has 1 amide bonds. The number of fused-ring (bicyclic) bond motifs is 1. The van der Waals surface area contributed by atoms with E-state index in [4.69, 9.17) is 4.74 Å². The lowest BCUT2D eigenvalue weighted by atomic mass is 9.70. The standard InChI is InChI=1S/C19H24F2N2O3/c20-19(21)26-13-6-4-5-12(11-13)18(24)22-15-14-7-10-25-17(14)16(15)23-8-2-1-3-9-23/h4-6,11,14-17,19H,1-3,7-10H2,(H,22,24)/t14-,15+,16-,17-/m1/s1. The summed E-state index contributed by atoms with van der Waals surface area (Å²) >= 11 is 0. The third-order valence-electron chi connectivity index (χ3n) is 5.78. The van der Waals surface area contributed by atoms with E-state index >= 15 is 0 Å². The highest BCUT2D eigenvalue weighted by Crippen LogP contribution is 2.42. The molecule has 1 saturated carbocycles. The molecule has 2 saturated heterocycles. The van der Waals surface area contributed by atoms with Gasteiger partial charge < -0.3 is 14.8 Å². The van der Waals surface area contributed by atoms with Crippen molar-refractivity contribution in [3.8, 4) is 5.75 Å². The Morgan fingerprint density at radius 3 is 2.85 bits per heavy atom. The predicted molar refractivity (Wildman–Crippen MR) is 91.4 cm³/mol. The molecule has 1 aromatic rings. The van der Waals surface area contributed by atoms with Crippen LogP contribution in [0.4, 0.5) is 8.78 Å². The quantitative estimate of drug-likeness (QED) is 0.871. The number of rotatable bonds is 5. The van der Waals surface area contributed by atoms with Crippen molar-refractivity contribution in [2.45, 2.75) is 50.5 Å². The van der Waals surface area contributed by atoms with Crippen molar-refractivity contribution >= 4 is 5.91 Å². The highest BCUT2D eigenvalue weighted by Gasteiger charge is 2.56. The van der Waals surface area contributed by atoms with Crippen molar-refractivity contribution in [2.75, 3.05) is 19.7 Å². The molecular weight excluding hydrogens is 342 g/mol. The smallest absolute Gasteiger partial charge is 0.387 e. The zero-order valence-corrected chi connectivity index (χ0v) is 14.6. The summed E-state index contributed by atoms with van der Waals surface area (Å²) < 4.78 is 35.1. The zero-order valence-electron chi connectivity index (χ0n) is 14.6. The van der Waals surface area contributed by atoms with Crippen LogP contribution >= 0.6 is 0 Å². The zero-order chi connectivity index (χ0) is 18.1. The molecule has 2 heterocycles. The fourth-order valence-corrected chi connectivity index (χ4v) is 4.57. The van der Waals surface area contributed by atoms with E-state index in [0.717, 1.165) is 26.1 Å². The van der Waals surface area contributed by atoms with Gasteiger partial charge in [0.05, 0.1) is 18.2 Å². The molecule has 0 bridgehead atoms. The summed E-state index contributed by atoms with van der Waals surface area (Å²) in [5.41, 5.74) is 0.336. The van der Waals surface area contributed by atoms with E-state index < -0.39 is 6.61 Å². The second-order valence-corrected chi connectivity index (χ2v) is 7.28. The van der Waals surface area contributed by atoms with Crippen LogP contribution in [0.5, 0.6) is 5.75 Å². The van der Waals surface area contributed by atoms with Gasteiger partial charge >= 0.3 is 6.61 Å². The van der Waals surface area contributed by atoms with E-state index in [9.17, 15) is 13.6 Å². The molecule has 3 fully saturated rings. The van der Waals surface area contributed by atoms with Crippen molar-refractivity contribution in [1.29, 1.82) is 0 Å². The first kappa shape index (κ1) is 17.7. The van der Waals surface area contributed by atoms with E-state index in [-0.39, 0.29) is 29.8 Å². The van der Waals surface area contributed by atoms with Gasteiger partial charge in [0.25, 0.3) is 5.91 Å². The summed E-state index contributed by atoms with van der Waals surface area (Å²) in [4.78, 5) is 15.1. The molecule has 1 aromatic carbocycles. The first-order valence-corrected chi connectivity index (χ1v) is 9.35. The largest absolute Gasteiger partial charge is 0.435 e. The van der Waals surface area contributed by atoms with Crippen LogP contribution in [-0.4, -0.2) is 55.3 Å². The number of carbonyl (C=O) groups excluding carboxylic acids is 1. The number of nitrogens with zero attached hydrogens (tertiary/aromatic N) is 1. The lowest BCUT2D eigenvalue weighted by Crippen LogP contribution is -2.71. The van der Waals surface area contributed by atoms with Crippen LogP contribution < -0.4 is 10.1 Å². The van der Waals surface area contributed by atoms with Gasteiger partial charge in [-0.2, -0.15) is 8.78 Å². The second kappa shape index (κ2) is 7.48. The van der Waals surface area contributed by atoms with Crippen LogP contribution in [0.15, 0.2) is 24.3 Å². The van der Waals surface area contributed by atoms with Crippen molar-refractivity contribution in [3.63, 3.8) is 0 Å². The fourth-order valence-electron chi connectivity index (χ4n) is 4.57. The summed E-state index contributed by atoms with van der Waals surface area (Å²) in [7, 11) is 0. The van der Waals surface area contributed by atoms with Crippen LogP contribution in [-0.2, 0) is 4.74 Å². The Kier molecular flexibility index (Phi) is 5.09. The highest BCUT2D eigenvalue weighted by atomic mass is 19.3. The third-order valence-corrected chi connectivity index (χ3v) is 5.78. The molecule has 1 N–H and O–H groups in total. The van der Waals surface area contributed by atoms with Gasteiger partial charge in [0.15, 0.2) is 0 Å². The number of nitrogens with one attached hydrogen (secondary N) is 1. The number of hydrogen-bond donors (Lipinski definition) is 1. The van der Waals surface area contributed by atoms with Crippen molar-refractivity contribution in [2.24, 2.45) is 5.92 Å². The Hall–Kier alpha value is -1.73. The van der Waals surface area contributed by atoms with Crippen molar-refractivity contribution < 1.29 is 23.0 Å². The molecule has 7 heteroatoms. The highest BCUT2D eigenvalue weighted by molar-refractivity contribution is 5.95. The maximum Gasteiger partial charge on any atom is 0.387 e. The molecule has 0 aromatic heterocycles. The van der Waals surface area contributed by atoms with Gasteiger partial charge in [-0.3, -0.25) is 9.69 Å². The van der Waals surface area contributed by atoms with Crippen LogP contribution in [0.25, 0.3) is 0 Å². The lowest BCUT2D eigenvalue weighted by molar-refractivity contribution is -0.0862. The van der Waals surface area contributed by atoms with Gasteiger partial charge in [-0.15, -0.1) is 0 Å². The van der Waals surface area contributed by atoms with E-state index in [1.165, 1.54) is 31.4 Å². The van der Waals surface area contributed by atoms with E-state index in [0.29, 0.717) is 11.5 Å². The fraction of sp³-hybridized carbons (Fsp3) is 0.632. The molecule has 0 spiro atoms. The molecule has 26 heavy (non-hydrogen) atoms. The number of likely N-dealkylation sites (tertiary alicyclic amines) is 1. The van der Waals surface area contributed by atoms with E-state index in [1.54, 1.807) is 12.1 Å². The average Bonchev–Trinajstić information content (AvgIpc) is 3.04. The molecule has 5 nitrogen and oxygen atoms in total. The topological polar surface area (TPSA) is 50.8 Å². The Balaban J connectivity index is 1.45. The monoisotopic (exact) mass is 366 g/mol. The molecular formula is C19H24F2N2O3. The number of halogens is 2. The van der Waals surface area contributed by atoms with Gasteiger partial charge in [-0.05, 0) is 50.6 Å². The Morgan fingerprint density at radius 1 is 1.27 bits per heavy atom. The number of alkyl halides is 2. The SMILES string of the molecule is O=C(N[C@H]1[C@H]2CCO[C@H]2[C@@H]1N1CCCCC1)c1cccc(OC(F)F)c1. The normalized spacial score (nSPS) is 31.3. The first-order chi connectivity index (χ1) is 12.6. The summed E-state index contributed by atoms with van der Waals surface area (Å²) in [5.74, 6) is 0.0874. The van der Waals surface area contributed by atoms with E-state index in [2.05, 4.69) is 15.0 Å². The van der Waals surface area contributed by atoms with Gasteiger partial charge in [-0.25, -0.2) is 0 Å². The van der Waals surface area contributed by atoms with Crippen LogP contribution in [0, 0.1) is 5.92 Å². The molecule has 142 valence electrons. The number of hydrogen-bond acceptors (Lipinski definition) is 4. The molecule has 2 aliphatic heterocycles. The molecule has 0 radical (unpaired) electrons. The minimum absolute atomic E-state index is 0.00378. The summed E-state index contributed by atoms with van der Waals surface area (Å²) in [6.07, 6.45) is 4.77. The first-order valence-electron chi connectivity index (χ1n) is 9.35. The van der Waals surface area contributed by atoms with Crippen LogP contribution in [0.1, 0.15) is 36.0 Å². The number of piperidine rings is 1. The van der Waals surface area contributed by atoms with Crippen LogP contribution in [0.2, 0.25) is 0 Å². The summed E-state index contributed by atoms with van der Waals surface area (Å²) in [5, 5.41) is 3.13. The minimum atomic E-state index is -2.90. The number of ether oxygens (including phenoxy) is 2. The molecule has 1 aliphatic carbocycles.